The second kappa shape index (κ2) is 13.9. The van der Waals surface area contributed by atoms with E-state index in [1.54, 1.807) is 41.3 Å². The number of H-pyrrole nitrogens is 1. The van der Waals surface area contributed by atoms with Crippen molar-refractivity contribution >= 4 is 34.1 Å². The van der Waals surface area contributed by atoms with Crippen LogP contribution in [0.25, 0.3) is 27.6 Å². The molecule has 0 saturated carbocycles. The van der Waals surface area contributed by atoms with Gasteiger partial charge in [0.2, 0.25) is 5.91 Å². The number of pyridine rings is 1. The maximum absolute atomic E-state index is 16.7. The zero-order chi connectivity index (χ0) is 33.9. The van der Waals surface area contributed by atoms with E-state index in [1.807, 2.05) is 47.4 Å². The summed E-state index contributed by atoms with van der Waals surface area (Å²) < 4.78 is 24.0. The summed E-state index contributed by atoms with van der Waals surface area (Å²) >= 11 is 0. The first-order valence-corrected chi connectivity index (χ1v) is 16.7. The Balaban J connectivity index is 1.19. The number of nitrogens with zero attached hydrogens (tertiary/aromatic N) is 7. The number of rotatable bonds is 9. The van der Waals surface area contributed by atoms with Crippen LogP contribution in [0.3, 0.4) is 0 Å². The quantitative estimate of drug-likeness (QED) is 0.231. The van der Waals surface area contributed by atoms with Crippen molar-refractivity contribution in [1.82, 2.24) is 34.8 Å². The van der Waals surface area contributed by atoms with Gasteiger partial charge in [-0.25, -0.2) is 9.37 Å². The van der Waals surface area contributed by atoms with Gasteiger partial charge in [-0.15, -0.1) is 5.10 Å². The van der Waals surface area contributed by atoms with Crippen LogP contribution in [-0.4, -0.2) is 93.0 Å². The largest absolute Gasteiger partial charge is 0.496 e. The molecule has 0 aliphatic carbocycles. The lowest BCUT2D eigenvalue weighted by Gasteiger charge is -2.36. The average Bonchev–Trinajstić information content (AvgIpc) is 3.85. The van der Waals surface area contributed by atoms with E-state index in [2.05, 4.69) is 38.2 Å². The Hall–Kier alpha value is -5.52. The molecule has 0 bridgehead atoms. The lowest BCUT2D eigenvalue weighted by molar-refractivity contribution is -0.131. The van der Waals surface area contributed by atoms with Crippen molar-refractivity contribution in [2.24, 2.45) is 0 Å². The Morgan fingerprint density at radius 3 is 2.57 bits per heavy atom. The van der Waals surface area contributed by atoms with Crippen molar-refractivity contribution in [2.45, 2.75) is 32.7 Å². The second-order valence-corrected chi connectivity index (χ2v) is 12.3. The van der Waals surface area contributed by atoms with Crippen molar-refractivity contribution in [3.05, 3.63) is 95.8 Å². The van der Waals surface area contributed by atoms with Gasteiger partial charge >= 0.3 is 0 Å². The minimum Gasteiger partial charge on any atom is -0.496 e. The number of methoxy groups -OCH3 is 1. The highest BCUT2D eigenvalue weighted by atomic mass is 19.1. The molecule has 49 heavy (non-hydrogen) atoms. The average molecular weight is 663 g/mol. The van der Waals surface area contributed by atoms with E-state index in [-0.39, 0.29) is 30.3 Å². The molecule has 12 heteroatoms. The lowest BCUT2D eigenvalue weighted by atomic mass is 9.93. The molecule has 0 radical (unpaired) electrons. The third-order valence-corrected chi connectivity index (χ3v) is 9.47. The number of para-hydroxylation sites is 1. The van der Waals surface area contributed by atoms with Crippen molar-refractivity contribution in [3.63, 3.8) is 0 Å². The summed E-state index contributed by atoms with van der Waals surface area (Å²) in [6.07, 6.45) is 8.85. The number of fused-ring (bicyclic) bond motifs is 1. The van der Waals surface area contributed by atoms with E-state index < -0.39 is 5.82 Å². The van der Waals surface area contributed by atoms with Crippen molar-refractivity contribution in [3.8, 4) is 16.9 Å². The minimum absolute atomic E-state index is 0.0330. The molecule has 3 aromatic heterocycles. The number of ether oxygens (including phenoxy) is 1. The smallest absolute Gasteiger partial charge is 0.270 e. The molecule has 2 aromatic carbocycles. The van der Waals surface area contributed by atoms with E-state index in [0.717, 1.165) is 28.9 Å². The highest BCUT2D eigenvalue weighted by Gasteiger charge is 2.28. The molecule has 2 aliphatic heterocycles. The number of aromatic amines is 1. The van der Waals surface area contributed by atoms with E-state index in [0.29, 0.717) is 68.1 Å². The number of nitrogens with one attached hydrogen (secondary N) is 1. The van der Waals surface area contributed by atoms with E-state index in [4.69, 9.17) is 4.74 Å². The van der Waals surface area contributed by atoms with Gasteiger partial charge in [-0.1, -0.05) is 42.5 Å². The number of anilines is 1. The third kappa shape index (κ3) is 6.38. The number of hydrogen-bond donors (Lipinski definition) is 1. The number of amides is 2. The number of benzene rings is 2. The molecule has 1 fully saturated rings. The molecule has 11 nitrogen and oxygen atoms in total. The molecule has 5 aromatic rings. The van der Waals surface area contributed by atoms with Crippen molar-refractivity contribution < 1.29 is 18.7 Å². The monoisotopic (exact) mass is 662 g/mol. The first-order valence-electron chi connectivity index (χ1n) is 16.7. The van der Waals surface area contributed by atoms with Gasteiger partial charge in [-0.2, -0.15) is 0 Å². The molecule has 1 saturated heterocycles. The molecule has 7 rings (SSSR count). The van der Waals surface area contributed by atoms with Crippen LogP contribution in [0.5, 0.6) is 5.75 Å². The minimum atomic E-state index is -0.456. The van der Waals surface area contributed by atoms with Gasteiger partial charge in [-0.3, -0.25) is 14.3 Å². The summed E-state index contributed by atoms with van der Waals surface area (Å²) in [4.78, 5) is 40.7. The fourth-order valence-electron chi connectivity index (χ4n) is 6.85. The normalized spacial score (nSPS) is 15.1. The molecule has 2 amide bonds. The van der Waals surface area contributed by atoms with Crippen LogP contribution >= 0.6 is 0 Å². The number of halogens is 1. The summed E-state index contributed by atoms with van der Waals surface area (Å²) in [6, 6.07) is 15.2. The summed E-state index contributed by atoms with van der Waals surface area (Å²) in [5, 5.41) is 8.33. The Kier molecular flexibility index (Phi) is 9.10. The van der Waals surface area contributed by atoms with Gasteiger partial charge in [0.25, 0.3) is 5.91 Å². The van der Waals surface area contributed by atoms with E-state index in [1.165, 1.54) is 5.56 Å². The predicted octanol–water partition coefficient (Wildman–Crippen LogP) is 5.20. The Morgan fingerprint density at radius 2 is 1.80 bits per heavy atom. The summed E-state index contributed by atoms with van der Waals surface area (Å²) in [5.74, 6) is 0.930. The van der Waals surface area contributed by atoms with Crippen molar-refractivity contribution in [2.75, 3.05) is 51.3 Å². The van der Waals surface area contributed by atoms with Crippen LogP contribution in [-0.2, 0) is 17.8 Å². The summed E-state index contributed by atoms with van der Waals surface area (Å²) in [7, 11) is 1.60. The maximum Gasteiger partial charge on any atom is 0.270 e. The van der Waals surface area contributed by atoms with Crippen molar-refractivity contribution in [1.29, 1.82) is 0 Å². The predicted molar refractivity (Wildman–Crippen MR) is 186 cm³/mol. The van der Waals surface area contributed by atoms with Crippen LogP contribution in [0.1, 0.15) is 41.4 Å². The molecule has 2 aliphatic rings. The van der Waals surface area contributed by atoms with Gasteiger partial charge in [0.1, 0.15) is 17.3 Å². The Bertz CT molecular complexity index is 2010. The second-order valence-electron chi connectivity index (χ2n) is 12.3. The number of aromatic nitrogens is 5. The van der Waals surface area contributed by atoms with E-state index in [9.17, 15) is 9.59 Å². The maximum atomic E-state index is 16.7. The number of carbonyl (C=O) groups excluding carboxylic acids is 2. The van der Waals surface area contributed by atoms with Gasteiger partial charge in [-0.05, 0) is 53.8 Å². The molecule has 252 valence electrons. The zero-order valence-electron chi connectivity index (χ0n) is 27.7. The van der Waals surface area contributed by atoms with Gasteiger partial charge in [0, 0.05) is 74.6 Å². The van der Waals surface area contributed by atoms with E-state index >= 15 is 4.39 Å². The SMILES string of the molecule is CCc1cccnc1N1CCN(C(=O)c2cc3c(-c4ccccc4OC)cc(C4=CCCN(C(=O)CCn5ccnn5)C4)c(F)c3[nH]2)CC1. The Labute approximate surface area is 284 Å². The molecule has 1 N–H and O–H groups in total. The Morgan fingerprint density at radius 1 is 0.959 bits per heavy atom. The topological polar surface area (TPSA) is 112 Å². The van der Waals surface area contributed by atoms with Gasteiger partial charge in [0.05, 0.1) is 25.4 Å². The van der Waals surface area contributed by atoms with Gasteiger partial charge in [0.15, 0.2) is 5.82 Å². The fourth-order valence-corrected chi connectivity index (χ4v) is 6.85. The molecule has 5 heterocycles. The first kappa shape index (κ1) is 32.0. The molecular formula is C37H39FN8O3. The van der Waals surface area contributed by atoms with Crippen LogP contribution in [0.4, 0.5) is 10.2 Å². The number of hydrogen-bond acceptors (Lipinski definition) is 7. The number of carbonyl (C=O) groups is 2. The number of aryl methyl sites for hydroxylation is 2. The van der Waals surface area contributed by atoms with Crippen LogP contribution < -0.4 is 9.64 Å². The zero-order valence-corrected chi connectivity index (χ0v) is 27.7. The summed E-state index contributed by atoms with van der Waals surface area (Å²) in [6.45, 7) is 5.72. The molecule has 0 atom stereocenters. The third-order valence-electron chi connectivity index (χ3n) is 9.47. The molecular weight excluding hydrogens is 623 g/mol. The molecule has 0 spiro atoms. The fraction of sp³-hybridized carbons (Fsp3) is 0.324. The van der Waals surface area contributed by atoms with Crippen LogP contribution in [0, 0.1) is 5.82 Å². The number of piperazine rings is 1. The summed E-state index contributed by atoms with van der Waals surface area (Å²) in [5.41, 5.74) is 4.38. The first-order chi connectivity index (χ1) is 23.9. The van der Waals surface area contributed by atoms with Crippen LogP contribution in [0.15, 0.2) is 73.2 Å². The highest BCUT2D eigenvalue weighted by molar-refractivity contribution is 6.05. The standard InChI is InChI=1S/C37H39FN8O3/c1-3-25-8-6-13-39-36(25)43-18-20-44(21-19-43)37(48)31-23-30-29(27-10-4-5-11-32(27)49-2)22-28(34(38)35(30)41-31)26-9-7-15-45(24-26)33(47)12-16-46-17-14-40-42-46/h4-6,8-11,13-14,17,22-23,41H,3,7,12,15-16,18-21,24H2,1-2H3. The van der Waals surface area contributed by atoms with Gasteiger partial charge < -0.3 is 24.4 Å². The lowest BCUT2D eigenvalue weighted by Crippen LogP contribution is -2.49. The highest BCUT2D eigenvalue weighted by Crippen LogP contribution is 2.40. The molecule has 0 unspecified atom stereocenters. The van der Waals surface area contributed by atoms with Crippen LogP contribution in [0.2, 0.25) is 0 Å².